The van der Waals surface area contributed by atoms with Gasteiger partial charge in [-0.15, -0.1) is 35.3 Å². The first kappa shape index (κ1) is 18.7. The van der Waals surface area contributed by atoms with Gasteiger partial charge in [-0.2, -0.15) is 0 Å². The lowest BCUT2D eigenvalue weighted by Gasteiger charge is -2.06. The van der Waals surface area contributed by atoms with Gasteiger partial charge in [-0.25, -0.2) is 4.98 Å². The predicted octanol–water partition coefficient (Wildman–Crippen LogP) is 3.36. The highest BCUT2D eigenvalue weighted by Gasteiger charge is 2.04. The molecular formula is C15H21IN4OS. The summed E-state index contributed by atoms with van der Waals surface area (Å²) in [7, 11) is 1.64. The highest BCUT2D eigenvalue weighted by Crippen LogP contribution is 2.17. The molecule has 3 N–H and O–H groups in total. The fourth-order valence-electron chi connectivity index (χ4n) is 1.95. The molecule has 0 unspecified atom stereocenters. The Kier molecular flexibility index (Phi) is 7.60. The summed E-state index contributed by atoms with van der Waals surface area (Å²) >= 11 is 1.72. The number of rotatable bonds is 5. The van der Waals surface area contributed by atoms with Crippen LogP contribution < -0.4 is 15.8 Å². The molecule has 0 aliphatic rings. The van der Waals surface area contributed by atoms with Crippen LogP contribution in [-0.4, -0.2) is 24.6 Å². The highest BCUT2D eigenvalue weighted by atomic mass is 127. The van der Waals surface area contributed by atoms with E-state index in [0.29, 0.717) is 12.5 Å². The molecular weight excluding hydrogens is 411 g/mol. The van der Waals surface area contributed by atoms with Crippen molar-refractivity contribution in [2.45, 2.75) is 20.3 Å². The number of benzene rings is 1. The van der Waals surface area contributed by atoms with Crippen LogP contribution in [0.3, 0.4) is 0 Å². The molecule has 0 amide bonds. The number of thiazole rings is 1. The summed E-state index contributed by atoms with van der Waals surface area (Å²) in [6.07, 6.45) is 0.863. The van der Waals surface area contributed by atoms with Gasteiger partial charge in [-0.1, -0.05) is 0 Å². The van der Waals surface area contributed by atoms with Crippen LogP contribution in [0, 0.1) is 13.8 Å². The summed E-state index contributed by atoms with van der Waals surface area (Å²) in [6.45, 7) is 4.70. The van der Waals surface area contributed by atoms with Crippen LogP contribution in [-0.2, 0) is 6.42 Å². The molecule has 0 radical (unpaired) electrons. The Bertz CT molecular complexity index is 625. The lowest BCUT2D eigenvalue weighted by molar-refractivity contribution is 0.415. The molecule has 0 atom stereocenters. The van der Waals surface area contributed by atoms with Crippen LogP contribution in [0.15, 0.2) is 29.3 Å². The molecule has 2 aromatic rings. The lowest BCUT2D eigenvalue weighted by Crippen LogP contribution is -2.23. The van der Waals surface area contributed by atoms with Crippen LogP contribution in [0.25, 0.3) is 0 Å². The molecule has 1 aromatic heterocycles. The summed E-state index contributed by atoms with van der Waals surface area (Å²) < 4.78 is 5.11. The van der Waals surface area contributed by atoms with Gasteiger partial charge in [0, 0.05) is 23.5 Å². The molecule has 0 saturated heterocycles. The van der Waals surface area contributed by atoms with Crippen LogP contribution in [0.2, 0.25) is 0 Å². The van der Waals surface area contributed by atoms with Gasteiger partial charge in [-0.3, -0.25) is 4.99 Å². The van der Waals surface area contributed by atoms with Crippen molar-refractivity contribution >= 4 is 47.0 Å². The summed E-state index contributed by atoms with van der Waals surface area (Å²) in [4.78, 5) is 10.0. The molecule has 120 valence electrons. The van der Waals surface area contributed by atoms with Crippen molar-refractivity contribution in [1.29, 1.82) is 0 Å². The van der Waals surface area contributed by atoms with Gasteiger partial charge in [0.1, 0.15) is 5.75 Å². The van der Waals surface area contributed by atoms with Gasteiger partial charge in [0.2, 0.25) is 0 Å². The van der Waals surface area contributed by atoms with Crippen molar-refractivity contribution < 1.29 is 4.74 Å². The second-order valence-corrected chi connectivity index (χ2v) is 5.90. The average Bonchev–Trinajstić information content (AvgIpc) is 2.78. The summed E-state index contributed by atoms with van der Waals surface area (Å²) in [5, 5.41) is 4.15. The number of aryl methyl sites for hydroxylation is 2. The Balaban J connectivity index is 0.00000242. The minimum atomic E-state index is 0. The molecule has 7 heteroatoms. The molecule has 5 nitrogen and oxygen atoms in total. The number of aliphatic imine (C=N–C) groups is 1. The van der Waals surface area contributed by atoms with E-state index in [-0.39, 0.29) is 24.0 Å². The van der Waals surface area contributed by atoms with Crippen molar-refractivity contribution in [3.8, 4) is 5.75 Å². The van der Waals surface area contributed by atoms with Crippen LogP contribution in [0.5, 0.6) is 5.75 Å². The van der Waals surface area contributed by atoms with E-state index in [4.69, 9.17) is 10.5 Å². The maximum absolute atomic E-state index is 5.88. The maximum atomic E-state index is 5.88. The molecule has 2 rings (SSSR count). The van der Waals surface area contributed by atoms with Crippen LogP contribution in [0.1, 0.15) is 15.6 Å². The lowest BCUT2D eigenvalue weighted by atomic mass is 10.3. The van der Waals surface area contributed by atoms with Crippen molar-refractivity contribution in [3.63, 3.8) is 0 Å². The Morgan fingerprint density at radius 1 is 1.32 bits per heavy atom. The van der Waals surface area contributed by atoms with Gasteiger partial charge >= 0.3 is 0 Å². The second-order valence-electron chi connectivity index (χ2n) is 4.61. The third-order valence-corrected chi connectivity index (χ3v) is 4.12. The predicted molar refractivity (Wildman–Crippen MR) is 104 cm³/mol. The topological polar surface area (TPSA) is 72.5 Å². The normalized spacial score (nSPS) is 11.0. The smallest absolute Gasteiger partial charge is 0.193 e. The van der Waals surface area contributed by atoms with Crippen molar-refractivity contribution in [3.05, 3.63) is 39.8 Å². The Morgan fingerprint density at radius 2 is 2.00 bits per heavy atom. The molecule has 0 fully saturated rings. The Hall–Kier alpha value is -1.35. The number of aromatic nitrogens is 1. The first-order chi connectivity index (χ1) is 10.1. The van der Waals surface area contributed by atoms with Crippen molar-refractivity contribution in [2.24, 2.45) is 10.7 Å². The van der Waals surface area contributed by atoms with Gasteiger partial charge < -0.3 is 15.8 Å². The SMILES string of the molecule is COc1ccc(NC(N)=NCCc2sc(C)nc2C)cc1.I. The minimum absolute atomic E-state index is 0. The van der Waals surface area contributed by atoms with E-state index in [1.807, 2.05) is 38.1 Å². The van der Waals surface area contributed by atoms with Crippen LogP contribution >= 0.6 is 35.3 Å². The number of ether oxygens (including phenoxy) is 1. The van der Waals surface area contributed by atoms with Gasteiger partial charge in [0.05, 0.1) is 17.8 Å². The molecule has 0 aliphatic heterocycles. The quantitative estimate of drug-likeness (QED) is 0.432. The first-order valence-electron chi connectivity index (χ1n) is 6.72. The number of halogens is 1. The molecule has 1 aromatic carbocycles. The van der Waals surface area contributed by atoms with E-state index >= 15 is 0 Å². The number of nitrogens with two attached hydrogens (primary N) is 1. The number of guanidine groups is 1. The molecule has 0 spiro atoms. The van der Waals surface area contributed by atoms with Gasteiger partial charge in [0.15, 0.2) is 5.96 Å². The van der Waals surface area contributed by atoms with E-state index in [0.717, 1.165) is 28.6 Å². The molecule has 1 heterocycles. The van der Waals surface area contributed by atoms with Crippen molar-refractivity contribution in [2.75, 3.05) is 19.0 Å². The van der Waals surface area contributed by atoms with E-state index in [1.54, 1.807) is 18.4 Å². The fraction of sp³-hybridized carbons (Fsp3) is 0.333. The van der Waals surface area contributed by atoms with Crippen LogP contribution in [0.4, 0.5) is 5.69 Å². The second kappa shape index (κ2) is 8.94. The average molecular weight is 432 g/mol. The fourth-order valence-corrected chi connectivity index (χ4v) is 2.87. The number of methoxy groups -OCH3 is 1. The summed E-state index contributed by atoms with van der Waals surface area (Å²) in [6, 6.07) is 7.55. The zero-order valence-corrected chi connectivity index (χ0v) is 16.1. The van der Waals surface area contributed by atoms with E-state index < -0.39 is 0 Å². The molecule has 22 heavy (non-hydrogen) atoms. The third kappa shape index (κ3) is 5.45. The minimum Gasteiger partial charge on any atom is -0.497 e. The Labute approximate surface area is 152 Å². The molecule has 0 aliphatic carbocycles. The number of nitrogens with zero attached hydrogens (tertiary/aromatic N) is 2. The maximum Gasteiger partial charge on any atom is 0.193 e. The standard InChI is InChI=1S/C15H20N4OS.HI/c1-10-14(21-11(2)18-10)8-9-17-15(16)19-12-4-6-13(20-3)7-5-12;/h4-7H,8-9H2,1-3H3,(H3,16,17,19);1H. The Morgan fingerprint density at radius 3 is 2.55 bits per heavy atom. The van der Waals surface area contributed by atoms with Gasteiger partial charge in [-0.05, 0) is 38.1 Å². The van der Waals surface area contributed by atoms with Crippen molar-refractivity contribution in [1.82, 2.24) is 4.98 Å². The summed E-state index contributed by atoms with van der Waals surface area (Å²) in [5.41, 5.74) is 7.86. The largest absolute Gasteiger partial charge is 0.497 e. The van der Waals surface area contributed by atoms with E-state index in [2.05, 4.69) is 15.3 Å². The number of hydrogen-bond donors (Lipinski definition) is 2. The summed E-state index contributed by atoms with van der Waals surface area (Å²) in [5.74, 6) is 1.23. The zero-order valence-electron chi connectivity index (χ0n) is 12.9. The van der Waals surface area contributed by atoms with E-state index in [1.165, 1.54) is 4.88 Å². The van der Waals surface area contributed by atoms with E-state index in [9.17, 15) is 0 Å². The number of anilines is 1. The molecule has 0 saturated carbocycles. The first-order valence-corrected chi connectivity index (χ1v) is 7.54. The zero-order chi connectivity index (χ0) is 15.2. The number of hydrogen-bond acceptors (Lipinski definition) is 4. The number of nitrogens with one attached hydrogen (secondary N) is 1. The van der Waals surface area contributed by atoms with Gasteiger partial charge in [0.25, 0.3) is 0 Å². The highest BCUT2D eigenvalue weighted by molar-refractivity contribution is 14.0. The molecule has 0 bridgehead atoms. The third-order valence-electron chi connectivity index (χ3n) is 2.98. The monoisotopic (exact) mass is 432 g/mol.